The minimum absolute atomic E-state index is 0.186. The van der Waals surface area contributed by atoms with E-state index in [9.17, 15) is 9.90 Å². The molecular weight excluding hydrogens is 208 g/mol. The quantitative estimate of drug-likeness (QED) is 0.717. The first-order valence-corrected chi connectivity index (χ1v) is 4.96. The van der Waals surface area contributed by atoms with E-state index in [0.717, 1.165) is 0 Å². The van der Waals surface area contributed by atoms with Crippen LogP contribution in [-0.4, -0.2) is 33.3 Å². The molecule has 0 amide bonds. The van der Waals surface area contributed by atoms with Crippen molar-refractivity contribution in [3.8, 4) is 0 Å². The predicted molar refractivity (Wildman–Crippen MR) is 60.7 cm³/mol. The van der Waals surface area contributed by atoms with Crippen LogP contribution in [0.25, 0.3) is 0 Å². The molecule has 1 aromatic heterocycles. The van der Waals surface area contributed by atoms with Crippen molar-refractivity contribution in [2.24, 2.45) is 0 Å². The number of pyridine rings is 1. The van der Waals surface area contributed by atoms with Gasteiger partial charge in [0, 0.05) is 12.2 Å². The van der Waals surface area contributed by atoms with Gasteiger partial charge < -0.3 is 15.5 Å². The van der Waals surface area contributed by atoms with Gasteiger partial charge in [-0.15, -0.1) is 0 Å². The van der Waals surface area contributed by atoms with Crippen molar-refractivity contribution < 1.29 is 15.0 Å². The second-order valence-corrected chi connectivity index (χ2v) is 4.35. The maximum absolute atomic E-state index is 10.8. The lowest BCUT2D eigenvalue weighted by molar-refractivity contribution is 0.0696. The first kappa shape index (κ1) is 12.4. The summed E-state index contributed by atoms with van der Waals surface area (Å²) in [5, 5.41) is 21.3. The number of aliphatic hydroxyl groups is 1. The first-order chi connectivity index (χ1) is 7.28. The molecule has 5 nitrogen and oxygen atoms in total. The van der Waals surface area contributed by atoms with E-state index in [1.54, 1.807) is 20.8 Å². The number of anilines is 1. The van der Waals surface area contributed by atoms with Crippen molar-refractivity contribution in [2.45, 2.75) is 26.4 Å². The largest absolute Gasteiger partial charge is 0.478 e. The molecule has 0 unspecified atom stereocenters. The number of nitrogens with zero attached hydrogens (tertiary/aromatic N) is 1. The Morgan fingerprint density at radius 1 is 1.50 bits per heavy atom. The monoisotopic (exact) mass is 224 g/mol. The van der Waals surface area contributed by atoms with E-state index >= 15 is 0 Å². The summed E-state index contributed by atoms with van der Waals surface area (Å²) in [6, 6.07) is 2.94. The standard InChI is InChI=1S/C11H16N2O3/c1-7-4-8(10(14)15)5-9(13-7)12-6-11(2,3)16/h4-5,16H,6H2,1-3H3,(H,12,13)(H,14,15). The zero-order chi connectivity index (χ0) is 12.3. The number of carboxylic acid groups (broad SMARTS) is 1. The minimum Gasteiger partial charge on any atom is -0.478 e. The van der Waals surface area contributed by atoms with Crippen molar-refractivity contribution in [3.63, 3.8) is 0 Å². The number of aromatic carboxylic acids is 1. The maximum atomic E-state index is 10.8. The van der Waals surface area contributed by atoms with Gasteiger partial charge in [-0.1, -0.05) is 0 Å². The Labute approximate surface area is 94.1 Å². The predicted octanol–water partition coefficient (Wildman–Crippen LogP) is 1.27. The first-order valence-electron chi connectivity index (χ1n) is 4.96. The molecule has 16 heavy (non-hydrogen) atoms. The molecule has 0 aromatic carbocycles. The number of carboxylic acids is 1. The molecule has 88 valence electrons. The summed E-state index contributed by atoms with van der Waals surface area (Å²) in [7, 11) is 0. The van der Waals surface area contributed by atoms with Crippen LogP contribution in [0.3, 0.4) is 0 Å². The van der Waals surface area contributed by atoms with Gasteiger partial charge in [0.2, 0.25) is 0 Å². The highest BCUT2D eigenvalue weighted by Gasteiger charge is 2.13. The van der Waals surface area contributed by atoms with Crippen LogP contribution in [-0.2, 0) is 0 Å². The maximum Gasteiger partial charge on any atom is 0.335 e. The van der Waals surface area contributed by atoms with Crippen LogP contribution in [0.5, 0.6) is 0 Å². The van der Waals surface area contributed by atoms with E-state index in [-0.39, 0.29) is 5.56 Å². The van der Waals surface area contributed by atoms with Gasteiger partial charge in [-0.05, 0) is 32.9 Å². The summed E-state index contributed by atoms with van der Waals surface area (Å²) in [5.74, 6) is -0.531. The fourth-order valence-electron chi connectivity index (χ4n) is 1.19. The third-order valence-electron chi connectivity index (χ3n) is 1.90. The number of aromatic nitrogens is 1. The Balaban J connectivity index is 2.85. The van der Waals surface area contributed by atoms with Gasteiger partial charge in [0.25, 0.3) is 0 Å². The van der Waals surface area contributed by atoms with Crippen LogP contribution < -0.4 is 5.32 Å². The highest BCUT2D eigenvalue weighted by atomic mass is 16.4. The molecule has 0 bridgehead atoms. The number of aryl methyl sites for hydroxylation is 1. The fraction of sp³-hybridized carbons (Fsp3) is 0.455. The van der Waals surface area contributed by atoms with E-state index in [1.165, 1.54) is 12.1 Å². The second-order valence-electron chi connectivity index (χ2n) is 4.35. The average Bonchev–Trinajstić information content (AvgIpc) is 2.13. The van der Waals surface area contributed by atoms with Crippen LogP contribution in [0.2, 0.25) is 0 Å². The van der Waals surface area contributed by atoms with Crippen molar-refractivity contribution in [1.82, 2.24) is 4.98 Å². The van der Waals surface area contributed by atoms with Gasteiger partial charge in [-0.2, -0.15) is 0 Å². The second kappa shape index (κ2) is 4.49. The highest BCUT2D eigenvalue weighted by Crippen LogP contribution is 2.11. The van der Waals surface area contributed by atoms with Crippen molar-refractivity contribution >= 4 is 11.8 Å². The van der Waals surface area contributed by atoms with Crippen LogP contribution in [0, 0.1) is 6.92 Å². The summed E-state index contributed by atoms with van der Waals surface area (Å²) in [4.78, 5) is 14.9. The van der Waals surface area contributed by atoms with Crippen LogP contribution in [0.1, 0.15) is 29.9 Å². The van der Waals surface area contributed by atoms with Gasteiger partial charge in [-0.3, -0.25) is 0 Å². The van der Waals surface area contributed by atoms with E-state index in [0.29, 0.717) is 18.1 Å². The Hall–Kier alpha value is -1.62. The Morgan fingerprint density at radius 2 is 2.12 bits per heavy atom. The number of nitrogens with one attached hydrogen (secondary N) is 1. The molecule has 0 spiro atoms. The number of hydrogen-bond acceptors (Lipinski definition) is 4. The van der Waals surface area contributed by atoms with Crippen LogP contribution >= 0.6 is 0 Å². The molecule has 1 aromatic rings. The molecule has 0 saturated carbocycles. The van der Waals surface area contributed by atoms with Gasteiger partial charge in [0.15, 0.2) is 0 Å². The number of hydrogen-bond donors (Lipinski definition) is 3. The van der Waals surface area contributed by atoms with E-state index in [4.69, 9.17) is 5.11 Å². The van der Waals surface area contributed by atoms with Gasteiger partial charge >= 0.3 is 5.97 Å². The third-order valence-corrected chi connectivity index (χ3v) is 1.90. The lowest BCUT2D eigenvalue weighted by Gasteiger charge is -2.18. The summed E-state index contributed by atoms with van der Waals surface area (Å²) in [6.07, 6.45) is 0. The summed E-state index contributed by atoms with van der Waals surface area (Å²) in [6.45, 7) is 5.35. The van der Waals surface area contributed by atoms with Gasteiger partial charge in [0.05, 0.1) is 11.2 Å². The van der Waals surface area contributed by atoms with Crippen LogP contribution in [0.4, 0.5) is 5.82 Å². The molecule has 0 aliphatic rings. The highest BCUT2D eigenvalue weighted by molar-refractivity contribution is 5.88. The third kappa shape index (κ3) is 3.86. The van der Waals surface area contributed by atoms with Gasteiger partial charge in [0.1, 0.15) is 5.82 Å². The van der Waals surface area contributed by atoms with Crippen molar-refractivity contribution in [2.75, 3.05) is 11.9 Å². The lowest BCUT2D eigenvalue weighted by atomic mass is 10.1. The molecule has 0 aliphatic heterocycles. The van der Waals surface area contributed by atoms with Crippen molar-refractivity contribution in [3.05, 3.63) is 23.4 Å². The summed E-state index contributed by atoms with van der Waals surface area (Å²) >= 11 is 0. The zero-order valence-corrected chi connectivity index (χ0v) is 9.61. The topological polar surface area (TPSA) is 82.5 Å². The molecule has 1 rings (SSSR count). The molecule has 0 radical (unpaired) electrons. The minimum atomic E-state index is -0.989. The van der Waals surface area contributed by atoms with Crippen molar-refractivity contribution in [1.29, 1.82) is 0 Å². The SMILES string of the molecule is Cc1cc(C(=O)O)cc(NCC(C)(C)O)n1. The molecule has 0 saturated heterocycles. The van der Waals surface area contributed by atoms with Crippen LogP contribution in [0.15, 0.2) is 12.1 Å². The molecule has 0 aliphatic carbocycles. The molecular formula is C11H16N2O3. The normalized spacial score (nSPS) is 11.2. The average molecular weight is 224 g/mol. The summed E-state index contributed by atoms with van der Waals surface area (Å²) in [5.41, 5.74) is -0.0571. The summed E-state index contributed by atoms with van der Waals surface area (Å²) < 4.78 is 0. The Bertz CT molecular complexity index is 397. The van der Waals surface area contributed by atoms with E-state index in [2.05, 4.69) is 10.3 Å². The molecule has 3 N–H and O–H groups in total. The number of rotatable bonds is 4. The smallest absolute Gasteiger partial charge is 0.335 e. The molecule has 0 fully saturated rings. The Morgan fingerprint density at radius 3 is 2.62 bits per heavy atom. The Kier molecular flexibility index (Phi) is 3.49. The molecule has 1 heterocycles. The fourth-order valence-corrected chi connectivity index (χ4v) is 1.19. The van der Waals surface area contributed by atoms with Gasteiger partial charge in [-0.25, -0.2) is 9.78 Å². The zero-order valence-electron chi connectivity index (χ0n) is 9.61. The van der Waals surface area contributed by atoms with E-state index < -0.39 is 11.6 Å². The lowest BCUT2D eigenvalue weighted by Crippen LogP contribution is -2.29. The molecule has 5 heteroatoms. The number of carbonyl (C=O) groups is 1. The molecule has 0 atom stereocenters. The van der Waals surface area contributed by atoms with E-state index in [1.807, 2.05) is 0 Å².